The lowest BCUT2D eigenvalue weighted by molar-refractivity contribution is -0.187. The lowest BCUT2D eigenvalue weighted by Crippen LogP contribution is -2.52. The Balaban J connectivity index is 2.07. The molecule has 4 heteroatoms. The molecule has 0 aromatic rings. The largest absolute Gasteiger partial charge is 0.481 e. The molecule has 13 heavy (non-hydrogen) atoms. The summed E-state index contributed by atoms with van der Waals surface area (Å²) in [5.41, 5.74) is 0. The second-order valence-corrected chi connectivity index (χ2v) is 4.10. The molecular weight excluding hydrogens is 178 g/mol. The minimum atomic E-state index is -2.60. The lowest BCUT2D eigenvalue weighted by atomic mass is 9.57. The Morgan fingerprint density at radius 3 is 2.77 bits per heavy atom. The summed E-state index contributed by atoms with van der Waals surface area (Å²) in [5.74, 6) is -4.92. The molecule has 0 heterocycles. The van der Waals surface area contributed by atoms with Crippen LogP contribution in [0, 0.1) is 17.8 Å². The number of fused-ring (bicyclic) bond motifs is 1. The molecule has 0 amide bonds. The predicted octanol–water partition coefficient (Wildman–Crippen LogP) is 2.14. The van der Waals surface area contributed by atoms with Crippen LogP contribution in [0.25, 0.3) is 0 Å². The number of hydrogen-bond acceptors (Lipinski definition) is 1. The monoisotopic (exact) mass is 190 g/mol. The number of halogens is 2. The van der Waals surface area contributed by atoms with Gasteiger partial charge in [-0.1, -0.05) is 0 Å². The van der Waals surface area contributed by atoms with Gasteiger partial charge >= 0.3 is 5.97 Å². The Hall–Kier alpha value is -0.670. The van der Waals surface area contributed by atoms with Crippen LogP contribution in [0.2, 0.25) is 0 Å². The molecule has 0 saturated heterocycles. The number of alkyl halides is 2. The Labute approximate surface area is 74.9 Å². The highest BCUT2D eigenvalue weighted by molar-refractivity contribution is 5.71. The van der Waals surface area contributed by atoms with Crippen molar-refractivity contribution in [3.05, 3.63) is 0 Å². The van der Waals surface area contributed by atoms with E-state index in [0.717, 1.165) is 0 Å². The lowest BCUT2D eigenvalue weighted by Gasteiger charge is -2.49. The molecule has 0 aromatic heterocycles. The zero-order valence-electron chi connectivity index (χ0n) is 7.17. The first-order valence-corrected chi connectivity index (χ1v) is 4.63. The highest BCUT2D eigenvalue weighted by Gasteiger charge is 2.58. The number of rotatable bonds is 1. The van der Waals surface area contributed by atoms with Crippen LogP contribution in [0.15, 0.2) is 0 Å². The molecule has 74 valence electrons. The number of hydrogen-bond donors (Lipinski definition) is 1. The van der Waals surface area contributed by atoms with Gasteiger partial charge in [-0.15, -0.1) is 0 Å². The topological polar surface area (TPSA) is 37.3 Å². The normalized spacial score (nSPS) is 41.8. The van der Waals surface area contributed by atoms with E-state index in [1.54, 1.807) is 0 Å². The number of aliphatic carboxylic acids is 1. The van der Waals surface area contributed by atoms with Gasteiger partial charge < -0.3 is 5.11 Å². The van der Waals surface area contributed by atoms with Crippen LogP contribution < -0.4 is 0 Å². The summed E-state index contributed by atoms with van der Waals surface area (Å²) in [6.07, 6.45) is 1.25. The zero-order valence-corrected chi connectivity index (χ0v) is 7.17. The standard InChI is InChI=1S/C9H12F2O2/c10-9(11)3-1-2-5-6(8(12)13)4-7(5)9/h5-7H,1-4H2,(H,12,13). The summed E-state index contributed by atoms with van der Waals surface area (Å²) in [6.45, 7) is 0. The molecule has 1 N–H and O–H groups in total. The summed E-state index contributed by atoms with van der Waals surface area (Å²) in [6, 6.07) is 0. The third-order valence-corrected chi connectivity index (χ3v) is 3.45. The molecule has 0 spiro atoms. The molecular formula is C9H12F2O2. The van der Waals surface area contributed by atoms with E-state index in [1.807, 2.05) is 0 Å². The van der Waals surface area contributed by atoms with Gasteiger partial charge in [-0.3, -0.25) is 4.79 Å². The highest BCUT2D eigenvalue weighted by Crippen LogP contribution is 2.55. The van der Waals surface area contributed by atoms with Gasteiger partial charge in [0.1, 0.15) is 0 Å². The molecule has 3 atom stereocenters. The summed E-state index contributed by atoms with van der Waals surface area (Å²) in [7, 11) is 0. The van der Waals surface area contributed by atoms with Gasteiger partial charge in [0.05, 0.1) is 5.92 Å². The number of carbonyl (C=O) groups is 1. The van der Waals surface area contributed by atoms with Crippen LogP contribution in [-0.2, 0) is 4.79 Å². The molecule has 2 fully saturated rings. The van der Waals surface area contributed by atoms with Gasteiger partial charge in [0.25, 0.3) is 5.92 Å². The fourth-order valence-electron chi connectivity index (χ4n) is 2.64. The number of carboxylic acid groups (broad SMARTS) is 1. The van der Waals surface area contributed by atoms with Crippen LogP contribution in [0.5, 0.6) is 0 Å². The van der Waals surface area contributed by atoms with Crippen molar-refractivity contribution in [2.75, 3.05) is 0 Å². The molecule has 0 aliphatic heterocycles. The highest BCUT2D eigenvalue weighted by atomic mass is 19.3. The zero-order chi connectivity index (χ0) is 9.64. The first kappa shape index (κ1) is 8.91. The van der Waals surface area contributed by atoms with Crippen molar-refractivity contribution in [3.63, 3.8) is 0 Å². The third kappa shape index (κ3) is 1.23. The van der Waals surface area contributed by atoms with E-state index in [4.69, 9.17) is 5.11 Å². The van der Waals surface area contributed by atoms with Crippen LogP contribution in [0.4, 0.5) is 8.78 Å². The Kier molecular flexibility index (Phi) is 1.82. The third-order valence-electron chi connectivity index (χ3n) is 3.45. The average molecular weight is 190 g/mol. The molecule has 2 aliphatic rings. The summed E-state index contributed by atoms with van der Waals surface area (Å²) in [5, 5.41) is 8.70. The first-order valence-electron chi connectivity index (χ1n) is 4.63. The van der Waals surface area contributed by atoms with Crippen LogP contribution in [-0.4, -0.2) is 17.0 Å². The van der Waals surface area contributed by atoms with Gasteiger partial charge in [0.15, 0.2) is 0 Å². The van der Waals surface area contributed by atoms with Crippen molar-refractivity contribution in [2.24, 2.45) is 17.8 Å². The average Bonchev–Trinajstić information content (AvgIpc) is 1.91. The van der Waals surface area contributed by atoms with E-state index in [0.29, 0.717) is 12.8 Å². The molecule has 0 bridgehead atoms. The SMILES string of the molecule is O=C(O)C1CC2C1CCCC2(F)F. The fourth-order valence-corrected chi connectivity index (χ4v) is 2.64. The van der Waals surface area contributed by atoms with Crippen molar-refractivity contribution >= 4 is 5.97 Å². The second kappa shape index (κ2) is 2.66. The molecule has 0 radical (unpaired) electrons. The Morgan fingerprint density at radius 2 is 2.15 bits per heavy atom. The van der Waals surface area contributed by atoms with E-state index >= 15 is 0 Å². The molecule has 3 unspecified atom stereocenters. The van der Waals surface area contributed by atoms with Gasteiger partial charge in [0, 0.05) is 12.3 Å². The maximum atomic E-state index is 13.1. The quantitative estimate of drug-likeness (QED) is 0.687. The van der Waals surface area contributed by atoms with Gasteiger partial charge in [-0.05, 0) is 25.2 Å². The minimum absolute atomic E-state index is 0.0551. The van der Waals surface area contributed by atoms with Crippen molar-refractivity contribution < 1.29 is 18.7 Å². The second-order valence-electron chi connectivity index (χ2n) is 4.10. The molecule has 2 aliphatic carbocycles. The summed E-state index contributed by atoms with van der Waals surface area (Å²) < 4.78 is 26.3. The van der Waals surface area contributed by atoms with Crippen LogP contribution in [0.3, 0.4) is 0 Å². The van der Waals surface area contributed by atoms with Gasteiger partial charge in [-0.25, -0.2) is 8.78 Å². The minimum Gasteiger partial charge on any atom is -0.481 e. The fraction of sp³-hybridized carbons (Fsp3) is 0.889. The Bertz CT molecular complexity index is 240. The summed E-state index contributed by atoms with van der Waals surface area (Å²) >= 11 is 0. The van der Waals surface area contributed by atoms with E-state index in [9.17, 15) is 13.6 Å². The van der Waals surface area contributed by atoms with Crippen LogP contribution >= 0.6 is 0 Å². The molecule has 2 rings (SSSR count). The smallest absolute Gasteiger partial charge is 0.306 e. The molecule has 0 aromatic carbocycles. The maximum absolute atomic E-state index is 13.1. The van der Waals surface area contributed by atoms with Crippen molar-refractivity contribution in [1.82, 2.24) is 0 Å². The van der Waals surface area contributed by atoms with Crippen molar-refractivity contribution in [1.29, 1.82) is 0 Å². The van der Waals surface area contributed by atoms with E-state index in [2.05, 4.69) is 0 Å². The van der Waals surface area contributed by atoms with E-state index < -0.39 is 23.7 Å². The molecule has 2 saturated carbocycles. The van der Waals surface area contributed by atoms with Crippen molar-refractivity contribution in [3.8, 4) is 0 Å². The predicted molar refractivity (Wildman–Crippen MR) is 41.5 cm³/mol. The maximum Gasteiger partial charge on any atom is 0.306 e. The molecule has 2 nitrogen and oxygen atoms in total. The van der Waals surface area contributed by atoms with Crippen molar-refractivity contribution in [2.45, 2.75) is 31.6 Å². The first-order chi connectivity index (χ1) is 6.02. The van der Waals surface area contributed by atoms with Gasteiger partial charge in [0.2, 0.25) is 0 Å². The number of carboxylic acids is 1. The Morgan fingerprint density at radius 1 is 1.46 bits per heavy atom. The van der Waals surface area contributed by atoms with Crippen LogP contribution in [0.1, 0.15) is 25.7 Å². The van der Waals surface area contributed by atoms with E-state index in [-0.39, 0.29) is 18.8 Å². The van der Waals surface area contributed by atoms with Gasteiger partial charge in [-0.2, -0.15) is 0 Å². The van der Waals surface area contributed by atoms with E-state index in [1.165, 1.54) is 0 Å². The summed E-state index contributed by atoms with van der Waals surface area (Å²) in [4.78, 5) is 10.6.